The Hall–Kier alpha value is -1.20. The predicted molar refractivity (Wildman–Crippen MR) is 79.3 cm³/mol. The molecular formula is C15H23BO4. The lowest BCUT2D eigenvalue weighted by molar-refractivity contribution is 0.00578. The molecule has 5 heteroatoms. The van der Waals surface area contributed by atoms with Crippen molar-refractivity contribution in [3.8, 4) is 11.5 Å². The Balaban J connectivity index is 2.12. The molecule has 1 aliphatic rings. The smallest absolute Gasteiger partial charge is 0.462 e. The zero-order valence-corrected chi connectivity index (χ0v) is 13.1. The fourth-order valence-corrected chi connectivity index (χ4v) is 2.25. The summed E-state index contributed by atoms with van der Waals surface area (Å²) in [6, 6.07) is 5.87. The molecule has 1 fully saturated rings. The highest BCUT2D eigenvalue weighted by Crippen LogP contribution is 2.38. The SMILES string of the molecule is COc1ccc(CB2OC(C)(C)C(C)(C)O2)cc1OC. The third-order valence-corrected chi connectivity index (χ3v) is 4.15. The topological polar surface area (TPSA) is 36.9 Å². The van der Waals surface area contributed by atoms with Gasteiger partial charge in [-0.1, -0.05) is 6.07 Å². The van der Waals surface area contributed by atoms with Crippen LogP contribution >= 0.6 is 0 Å². The van der Waals surface area contributed by atoms with Gasteiger partial charge in [0.25, 0.3) is 0 Å². The van der Waals surface area contributed by atoms with Crippen LogP contribution in [0, 0.1) is 0 Å². The van der Waals surface area contributed by atoms with E-state index in [1.807, 2.05) is 18.2 Å². The van der Waals surface area contributed by atoms with Crippen molar-refractivity contribution in [2.75, 3.05) is 14.2 Å². The normalized spacial score (nSPS) is 20.0. The molecule has 1 aromatic rings. The molecule has 0 bridgehead atoms. The van der Waals surface area contributed by atoms with Gasteiger partial charge in [0.2, 0.25) is 0 Å². The molecule has 1 aromatic carbocycles. The molecule has 110 valence electrons. The number of benzene rings is 1. The van der Waals surface area contributed by atoms with Crippen LogP contribution in [0.15, 0.2) is 18.2 Å². The predicted octanol–water partition coefficient (Wildman–Crippen LogP) is 2.88. The van der Waals surface area contributed by atoms with Crippen LogP contribution in [0.2, 0.25) is 0 Å². The molecule has 0 spiro atoms. The van der Waals surface area contributed by atoms with Gasteiger partial charge in [-0.2, -0.15) is 0 Å². The first-order valence-corrected chi connectivity index (χ1v) is 6.85. The lowest BCUT2D eigenvalue weighted by Crippen LogP contribution is -2.41. The summed E-state index contributed by atoms with van der Waals surface area (Å²) >= 11 is 0. The van der Waals surface area contributed by atoms with E-state index in [9.17, 15) is 0 Å². The van der Waals surface area contributed by atoms with E-state index in [1.54, 1.807) is 14.2 Å². The van der Waals surface area contributed by atoms with Crippen LogP contribution in [0.25, 0.3) is 0 Å². The van der Waals surface area contributed by atoms with Crippen molar-refractivity contribution in [3.63, 3.8) is 0 Å². The van der Waals surface area contributed by atoms with Crippen LogP contribution in [-0.4, -0.2) is 32.5 Å². The van der Waals surface area contributed by atoms with Gasteiger partial charge < -0.3 is 18.8 Å². The van der Waals surface area contributed by atoms with Gasteiger partial charge in [0, 0.05) is 6.32 Å². The average molecular weight is 278 g/mol. The Labute approximate surface area is 121 Å². The second-order valence-corrected chi connectivity index (χ2v) is 6.08. The molecule has 2 rings (SSSR count). The standard InChI is InChI=1S/C15H23BO4/c1-14(2)15(3,4)20-16(19-14)10-11-7-8-12(17-5)13(9-11)18-6/h7-9H,10H2,1-6H3. The molecule has 0 atom stereocenters. The Kier molecular flexibility index (Phi) is 4.03. The van der Waals surface area contributed by atoms with E-state index in [4.69, 9.17) is 18.8 Å². The Morgan fingerprint density at radius 3 is 2.00 bits per heavy atom. The molecule has 1 aliphatic heterocycles. The van der Waals surface area contributed by atoms with E-state index in [0.29, 0.717) is 6.32 Å². The van der Waals surface area contributed by atoms with Crippen LogP contribution in [0.5, 0.6) is 11.5 Å². The third-order valence-electron chi connectivity index (χ3n) is 4.15. The number of hydrogen-bond acceptors (Lipinski definition) is 4. The minimum absolute atomic E-state index is 0.238. The first-order valence-electron chi connectivity index (χ1n) is 6.85. The molecule has 20 heavy (non-hydrogen) atoms. The highest BCUT2D eigenvalue weighted by molar-refractivity contribution is 6.45. The molecule has 1 heterocycles. The summed E-state index contributed by atoms with van der Waals surface area (Å²) < 4.78 is 22.6. The summed E-state index contributed by atoms with van der Waals surface area (Å²) in [6.07, 6.45) is 0.688. The maximum Gasteiger partial charge on any atom is 0.462 e. The molecular weight excluding hydrogens is 255 g/mol. The van der Waals surface area contributed by atoms with E-state index in [2.05, 4.69) is 27.7 Å². The lowest BCUT2D eigenvalue weighted by Gasteiger charge is -2.32. The van der Waals surface area contributed by atoms with Crippen LogP contribution in [-0.2, 0) is 15.6 Å². The second kappa shape index (κ2) is 5.30. The zero-order valence-electron chi connectivity index (χ0n) is 13.1. The van der Waals surface area contributed by atoms with Crippen LogP contribution in [0.3, 0.4) is 0 Å². The number of rotatable bonds is 4. The van der Waals surface area contributed by atoms with Gasteiger partial charge in [-0.25, -0.2) is 0 Å². The summed E-state index contributed by atoms with van der Waals surface area (Å²) in [5, 5.41) is 0. The minimum atomic E-state index is -0.297. The molecule has 0 radical (unpaired) electrons. The van der Waals surface area contributed by atoms with Crippen LogP contribution < -0.4 is 9.47 Å². The maximum absolute atomic E-state index is 6.00. The van der Waals surface area contributed by atoms with E-state index in [-0.39, 0.29) is 18.3 Å². The lowest BCUT2D eigenvalue weighted by atomic mass is 9.81. The molecule has 1 saturated heterocycles. The molecule has 0 aliphatic carbocycles. The maximum atomic E-state index is 6.00. The number of methoxy groups -OCH3 is 2. The van der Waals surface area contributed by atoms with Crippen LogP contribution in [0.1, 0.15) is 33.3 Å². The fourth-order valence-electron chi connectivity index (χ4n) is 2.25. The minimum Gasteiger partial charge on any atom is -0.493 e. The van der Waals surface area contributed by atoms with E-state index in [1.165, 1.54) is 0 Å². The van der Waals surface area contributed by atoms with Crippen molar-refractivity contribution < 1.29 is 18.8 Å². The number of hydrogen-bond donors (Lipinski definition) is 0. The highest BCUT2D eigenvalue weighted by atomic mass is 16.7. The Morgan fingerprint density at radius 1 is 0.950 bits per heavy atom. The Bertz CT molecular complexity index is 469. The molecule has 0 N–H and O–H groups in total. The van der Waals surface area contributed by atoms with Gasteiger partial charge >= 0.3 is 7.12 Å². The van der Waals surface area contributed by atoms with Crippen molar-refractivity contribution in [1.29, 1.82) is 0 Å². The zero-order chi connectivity index (χ0) is 15.0. The van der Waals surface area contributed by atoms with Gasteiger partial charge in [0.15, 0.2) is 11.5 Å². The molecule has 4 nitrogen and oxygen atoms in total. The summed E-state index contributed by atoms with van der Waals surface area (Å²) in [6.45, 7) is 8.23. The van der Waals surface area contributed by atoms with Crippen molar-refractivity contribution in [3.05, 3.63) is 23.8 Å². The monoisotopic (exact) mass is 278 g/mol. The number of ether oxygens (including phenoxy) is 2. The summed E-state index contributed by atoms with van der Waals surface area (Å²) in [4.78, 5) is 0. The van der Waals surface area contributed by atoms with Crippen molar-refractivity contribution in [2.45, 2.75) is 45.2 Å². The molecule has 0 unspecified atom stereocenters. The second-order valence-electron chi connectivity index (χ2n) is 6.08. The van der Waals surface area contributed by atoms with E-state index in [0.717, 1.165) is 17.1 Å². The van der Waals surface area contributed by atoms with Gasteiger partial charge in [-0.3, -0.25) is 0 Å². The van der Waals surface area contributed by atoms with Gasteiger partial charge in [0.05, 0.1) is 25.4 Å². The first-order chi connectivity index (χ1) is 9.29. The Morgan fingerprint density at radius 2 is 1.50 bits per heavy atom. The highest BCUT2D eigenvalue weighted by Gasteiger charge is 2.50. The fraction of sp³-hybridized carbons (Fsp3) is 0.600. The molecule has 0 saturated carbocycles. The van der Waals surface area contributed by atoms with Gasteiger partial charge in [-0.05, 0) is 45.4 Å². The van der Waals surface area contributed by atoms with Crippen molar-refractivity contribution in [2.24, 2.45) is 0 Å². The third kappa shape index (κ3) is 2.79. The molecule has 0 aromatic heterocycles. The van der Waals surface area contributed by atoms with Crippen molar-refractivity contribution >= 4 is 7.12 Å². The van der Waals surface area contributed by atoms with Crippen LogP contribution in [0.4, 0.5) is 0 Å². The summed E-state index contributed by atoms with van der Waals surface area (Å²) in [5.41, 5.74) is 0.503. The van der Waals surface area contributed by atoms with Gasteiger partial charge in [-0.15, -0.1) is 0 Å². The summed E-state index contributed by atoms with van der Waals surface area (Å²) in [7, 11) is 3.03. The largest absolute Gasteiger partial charge is 0.493 e. The first kappa shape index (κ1) is 15.2. The van der Waals surface area contributed by atoms with Crippen molar-refractivity contribution in [1.82, 2.24) is 0 Å². The van der Waals surface area contributed by atoms with Gasteiger partial charge in [0.1, 0.15) is 0 Å². The average Bonchev–Trinajstić information content (AvgIpc) is 2.57. The summed E-state index contributed by atoms with van der Waals surface area (Å²) in [5.74, 6) is 1.45. The molecule has 0 amide bonds. The van der Waals surface area contributed by atoms with E-state index < -0.39 is 0 Å². The van der Waals surface area contributed by atoms with E-state index >= 15 is 0 Å². The quantitative estimate of drug-likeness (QED) is 0.793.